The van der Waals surface area contributed by atoms with Crippen LogP contribution in [0.5, 0.6) is 5.75 Å². The number of aryl methyl sites for hydroxylation is 1. The smallest absolute Gasteiger partial charge is 0.207 e. The Morgan fingerprint density at radius 2 is 1.90 bits per heavy atom. The molecule has 2 aromatic rings. The number of hydrogen-bond acceptors (Lipinski definition) is 3. The first-order valence-corrected chi connectivity index (χ1v) is 7.90. The van der Waals surface area contributed by atoms with Crippen molar-refractivity contribution in [2.75, 3.05) is 6.61 Å². The standard InChI is InChI=1S/C16H13FO3S/c1-11-4-2-5-12-8-15(21(18,19)16(11)12)10-20-14-7-3-6-13(17)9-14/h2-9H,10H2,1H3. The molecule has 0 radical (unpaired) electrons. The van der Waals surface area contributed by atoms with E-state index in [4.69, 9.17) is 4.74 Å². The van der Waals surface area contributed by atoms with Gasteiger partial charge >= 0.3 is 0 Å². The van der Waals surface area contributed by atoms with Crippen molar-refractivity contribution in [1.29, 1.82) is 0 Å². The quantitative estimate of drug-likeness (QED) is 0.873. The molecule has 0 saturated heterocycles. The molecule has 108 valence electrons. The predicted octanol–water partition coefficient (Wildman–Crippen LogP) is 3.34. The Morgan fingerprint density at radius 3 is 2.62 bits per heavy atom. The van der Waals surface area contributed by atoms with Crippen LogP contribution in [-0.4, -0.2) is 15.0 Å². The molecule has 0 bridgehead atoms. The second-order valence-electron chi connectivity index (χ2n) is 4.85. The number of hydrogen-bond donors (Lipinski definition) is 0. The number of ether oxygens (including phenoxy) is 1. The van der Waals surface area contributed by atoms with Crippen LogP contribution in [0.1, 0.15) is 11.1 Å². The van der Waals surface area contributed by atoms with Crippen LogP contribution >= 0.6 is 0 Å². The lowest BCUT2D eigenvalue weighted by Crippen LogP contribution is -2.10. The average molecular weight is 304 g/mol. The maximum atomic E-state index is 13.1. The first kappa shape index (κ1) is 13.8. The van der Waals surface area contributed by atoms with Gasteiger partial charge in [-0.15, -0.1) is 0 Å². The van der Waals surface area contributed by atoms with Crippen molar-refractivity contribution in [3.05, 3.63) is 64.3 Å². The van der Waals surface area contributed by atoms with Crippen molar-refractivity contribution in [2.24, 2.45) is 0 Å². The van der Waals surface area contributed by atoms with E-state index < -0.39 is 15.7 Å². The molecule has 1 aliphatic rings. The van der Waals surface area contributed by atoms with E-state index >= 15 is 0 Å². The second-order valence-corrected chi connectivity index (χ2v) is 6.79. The zero-order valence-corrected chi connectivity index (χ0v) is 12.2. The van der Waals surface area contributed by atoms with E-state index in [0.717, 1.165) is 0 Å². The van der Waals surface area contributed by atoms with Crippen molar-refractivity contribution in [3.63, 3.8) is 0 Å². The van der Waals surface area contributed by atoms with Gasteiger partial charge in [0.25, 0.3) is 0 Å². The van der Waals surface area contributed by atoms with Crippen molar-refractivity contribution in [1.82, 2.24) is 0 Å². The van der Waals surface area contributed by atoms with Gasteiger partial charge in [-0.3, -0.25) is 0 Å². The molecule has 3 rings (SSSR count). The van der Waals surface area contributed by atoms with Crippen LogP contribution in [0.15, 0.2) is 52.3 Å². The average Bonchev–Trinajstić information content (AvgIpc) is 2.69. The first-order chi connectivity index (χ1) is 9.98. The molecule has 2 aromatic carbocycles. The predicted molar refractivity (Wildman–Crippen MR) is 78.2 cm³/mol. The van der Waals surface area contributed by atoms with Crippen LogP contribution in [-0.2, 0) is 9.84 Å². The molecular weight excluding hydrogens is 291 g/mol. The molecule has 1 heterocycles. The van der Waals surface area contributed by atoms with Crippen LogP contribution in [0.25, 0.3) is 6.08 Å². The molecule has 5 heteroatoms. The van der Waals surface area contributed by atoms with Crippen LogP contribution in [0, 0.1) is 12.7 Å². The van der Waals surface area contributed by atoms with Crippen molar-refractivity contribution >= 4 is 15.9 Å². The highest BCUT2D eigenvalue weighted by molar-refractivity contribution is 7.96. The van der Waals surface area contributed by atoms with Gasteiger partial charge in [0, 0.05) is 6.07 Å². The SMILES string of the molecule is Cc1cccc2c1S(=O)(=O)C(COc1cccc(F)c1)=C2. The third-order valence-electron chi connectivity index (χ3n) is 3.35. The minimum absolute atomic E-state index is 0.111. The Balaban J connectivity index is 1.87. The molecule has 0 atom stereocenters. The summed E-state index contributed by atoms with van der Waals surface area (Å²) in [5, 5.41) is 0. The Kier molecular flexibility index (Phi) is 3.29. The molecule has 0 amide bonds. The maximum Gasteiger partial charge on any atom is 0.207 e. The topological polar surface area (TPSA) is 43.4 Å². The third kappa shape index (κ3) is 2.45. The molecule has 0 aromatic heterocycles. The maximum absolute atomic E-state index is 13.1. The number of benzene rings is 2. The lowest BCUT2D eigenvalue weighted by Gasteiger charge is -2.08. The van der Waals surface area contributed by atoms with Gasteiger partial charge in [0.15, 0.2) is 0 Å². The third-order valence-corrected chi connectivity index (χ3v) is 5.37. The van der Waals surface area contributed by atoms with Gasteiger partial charge in [-0.1, -0.05) is 24.3 Å². The second kappa shape index (κ2) is 5.00. The van der Waals surface area contributed by atoms with Crippen LogP contribution in [0.2, 0.25) is 0 Å². The normalized spacial score (nSPS) is 15.4. The number of halogens is 1. The monoisotopic (exact) mass is 304 g/mol. The molecule has 0 aliphatic carbocycles. The Morgan fingerprint density at radius 1 is 1.14 bits per heavy atom. The first-order valence-electron chi connectivity index (χ1n) is 6.42. The highest BCUT2D eigenvalue weighted by atomic mass is 32.2. The van der Waals surface area contributed by atoms with Crippen LogP contribution in [0.3, 0.4) is 0 Å². The minimum atomic E-state index is -3.51. The highest BCUT2D eigenvalue weighted by Crippen LogP contribution is 2.35. The van der Waals surface area contributed by atoms with E-state index in [1.165, 1.54) is 18.2 Å². The fraction of sp³-hybridized carbons (Fsp3) is 0.125. The molecule has 0 saturated carbocycles. The molecule has 0 spiro atoms. The van der Waals surface area contributed by atoms with Gasteiger partial charge in [0.1, 0.15) is 18.2 Å². The van der Waals surface area contributed by atoms with Gasteiger partial charge in [-0.25, -0.2) is 12.8 Å². The molecule has 3 nitrogen and oxygen atoms in total. The highest BCUT2D eigenvalue weighted by Gasteiger charge is 2.31. The van der Waals surface area contributed by atoms with Gasteiger partial charge in [-0.05, 0) is 36.3 Å². The Bertz CT molecular complexity index is 838. The van der Waals surface area contributed by atoms with Crippen LogP contribution < -0.4 is 4.74 Å². The fourth-order valence-corrected chi connectivity index (χ4v) is 4.06. The van der Waals surface area contributed by atoms with E-state index in [1.54, 1.807) is 31.2 Å². The number of rotatable bonds is 3. The molecule has 1 aliphatic heterocycles. The largest absolute Gasteiger partial charge is 0.488 e. The molecule has 21 heavy (non-hydrogen) atoms. The summed E-state index contributed by atoms with van der Waals surface area (Å²) in [6.45, 7) is 1.65. The van der Waals surface area contributed by atoms with E-state index in [-0.39, 0.29) is 11.5 Å². The molecule has 0 unspecified atom stereocenters. The van der Waals surface area contributed by atoms with E-state index in [0.29, 0.717) is 21.8 Å². The molecule has 0 fully saturated rings. The summed E-state index contributed by atoms with van der Waals surface area (Å²) in [6.07, 6.45) is 1.61. The zero-order chi connectivity index (χ0) is 15.0. The zero-order valence-electron chi connectivity index (χ0n) is 11.3. The summed E-state index contributed by atoms with van der Waals surface area (Å²) in [7, 11) is -3.51. The summed E-state index contributed by atoms with van der Waals surface area (Å²) in [6, 6.07) is 11.0. The summed E-state index contributed by atoms with van der Waals surface area (Å²) in [5.74, 6) is -0.117. The molecule has 0 N–H and O–H groups in total. The summed E-state index contributed by atoms with van der Waals surface area (Å²) < 4.78 is 43.4. The summed E-state index contributed by atoms with van der Waals surface area (Å²) >= 11 is 0. The van der Waals surface area contributed by atoms with Crippen molar-refractivity contribution < 1.29 is 17.5 Å². The van der Waals surface area contributed by atoms with Gasteiger partial charge in [0.05, 0.1) is 9.80 Å². The number of fused-ring (bicyclic) bond motifs is 1. The van der Waals surface area contributed by atoms with Gasteiger partial charge in [0.2, 0.25) is 9.84 Å². The number of sulfone groups is 1. The lowest BCUT2D eigenvalue weighted by atomic mass is 10.1. The Labute approximate surface area is 122 Å². The van der Waals surface area contributed by atoms with Crippen molar-refractivity contribution in [2.45, 2.75) is 11.8 Å². The van der Waals surface area contributed by atoms with E-state index in [9.17, 15) is 12.8 Å². The minimum Gasteiger partial charge on any atom is -0.488 e. The summed E-state index contributed by atoms with van der Waals surface area (Å²) in [4.78, 5) is 0.527. The Hall–Kier alpha value is -2.14. The molecular formula is C16H13FO3S. The summed E-state index contributed by atoms with van der Waals surface area (Å²) in [5.41, 5.74) is 1.39. The van der Waals surface area contributed by atoms with E-state index in [1.807, 2.05) is 6.07 Å². The van der Waals surface area contributed by atoms with Gasteiger partial charge < -0.3 is 4.74 Å². The van der Waals surface area contributed by atoms with Crippen molar-refractivity contribution in [3.8, 4) is 5.75 Å². The van der Waals surface area contributed by atoms with Crippen LogP contribution in [0.4, 0.5) is 4.39 Å². The van der Waals surface area contributed by atoms with Gasteiger partial charge in [-0.2, -0.15) is 0 Å². The lowest BCUT2D eigenvalue weighted by molar-refractivity contribution is 0.357. The van der Waals surface area contributed by atoms with E-state index in [2.05, 4.69) is 0 Å². The fourth-order valence-electron chi connectivity index (χ4n) is 2.37.